The molecule has 0 bridgehead atoms. The first kappa shape index (κ1) is 20.2. The lowest BCUT2D eigenvalue weighted by Gasteiger charge is -2.27. The Kier molecular flexibility index (Phi) is 6.90. The van der Waals surface area contributed by atoms with Crippen molar-refractivity contribution in [1.82, 2.24) is 4.90 Å². The molecule has 28 heavy (non-hydrogen) atoms. The Morgan fingerprint density at radius 2 is 1.82 bits per heavy atom. The van der Waals surface area contributed by atoms with Gasteiger partial charge in [-0.3, -0.25) is 9.59 Å². The van der Waals surface area contributed by atoms with E-state index in [-0.39, 0.29) is 11.8 Å². The Morgan fingerprint density at radius 1 is 1.14 bits per heavy atom. The minimum atomic E-state index is -0.687. The van der Waals surface area contributed by atoms with Crippen LogP contribution >= 0.6 is 11.6 Å². The summed E-state index contributed by atoms with van der Waals surface area (Å²) >= 11 is 5.88. The second kappa shape index (κ2) is 9.57. The molecule has 7 heteroatoms. The highest BCUT2D eigenvalue weighted by atomic mass is 35.5. The van der Waals surface area contributed by atoms with Gasteiger partial charge in [-0.1, -0.05) is 30.7 Å². The van der Waals surface area contributed by atoms with E-state index in [1.54, 1.807) is 53.4 Å². The summed E-state index contributed by atoms with van der Waals surface area (Å²) in [6.45, 7) is 3.99. The van der Waals surface area contributed by atoms with E-state index in [0.717, 1.165) is 0 Å². The molecule has 1 heterocycles. The lowest BCUT2D eigenvalue weighted by molar-refractivity contribution is -0.122. The van der Waals surface area contributed by atoms with E-state index in [2.05, 4.69) is 5.32 Å². The summed E-state index contributed by atoms with van der Waals surface area (Å²) in [5, 5.41) is 3.44. The first-order valence-corrected chi connectivity index (χ1v) is 9.65. The van der Waals surface area contributed by atoms with Gasteiger partial charge >= 0.3 is 0 Å². The molecule has 3 rings (SSSR count). The molecule has 2 aromatic rings. The molecule has 1 aliphatic rings. The van der Waals surface area contributed by atoms with Crippen LogP contribution in [-0.2, 0) is 9.53 Å². The predicted octanol–water partition coefficient (Wildman–Crippen LogP) is 3.61. The molecule has 1 atom stereocenters. The number of benzene rings is 2. The van der Waals surface area contributed by atoms with Crippen LogP contribution in [0, 0.1) is 0 Å². The monoisotopic (exact) mass is 402 g/mol. The Hall–Kier alpha value is -2.57. The van der Waals surface area contributed by atoms with Crippen molar-refractivity contribution < 1.29 is 19.1 Å². The minimum Gasteiger partial charge on any atom is -0.481 e. The van der Waals surface area contributed by atoms with Crippen LogP contribution in [0.4, 0.5) is 5.69 Å². The van der Waals surface area contributed by atoms with Crippen LogP contribution in [0.1, 0.15) is 23.7 Å². The van der Waals surface area contributed by atoms with Crippen molar-refractivity contribution >= 4 is 29.1 Å². The highest BCUT2D eigenvalue weighted by Crippen LogP contribution is 2.21. The maximum atomic E-state index is 12.8. The molecule has 2 aromatic carbocycles. The second-order valence-electron chi connectivity index (χ2n) is 6.41. The largest absolute Gasteiger partial charge is 0.481 e. The van der Waals surface area contributed by atoms with E-state index in [0.29, 0.717) is 54.7 Å². The third-order valence-electron chi connectivity index (χ3n) is 4.47. The highest BCUT2D eigenvalue weighted by molar-refractivity contribution is 6.30. The van der Waals surface area contributed by atoms with Gasteiger partial charge in [-0.2, -0.15) is 0 Å². The average molecular weight is 403 g/mol. The Bertz CT molecular complexity index is 819. The number of amides is 2. The van der Waals surface area contributed by atoms with Gasteiger partial charge < -0.3 is 19.7 Å². The third-order valence-corrected chi connectivity index (χ3v) is 4.72. The second-order valence-corrected chi connectivity index (χ2v) is 6.84. The summed E-state index contributed by atoms with van der Waals surface area (Å²) in [6.07, 6.45) is -0.207. The predicted molar refractivity (Wildman–Crippen MR) is 108 cm³/mol. The molecule has 6 nitrogen and oxygen atoms in total. The van der Waals surface area contributed by atoms with E-state index in [1.807, 2.05) is 6.92 Å². The van der Waals surface area contributed by atoms with Crippen molar-refractivity contribution in [3.05, 3.63) is 59.1 Å². The zero-order valence-corrected chi connectivity index (χ0v) is 16.4. The smallest absolute Gasteiger partial charge is 0.265 e. The lowest BCUT2D eigenvalue weighted by atomic mass is 10.1. The number of para-hydroxylation sites is 1. The number of halogens is 1. The number of carbonyl (C=O) groups excluding carboxylic acids is 2. The van der Waals surface area contributed by atoms with Crippen molar-refractivity contribution in [2.24, 2.45) is 0 Å². The molecule has 1 N–H and O–H groups in total. The average Bonchev–Trinajstić information content (AvgIpc) is 2.73. The zero-order valence-electron chi connectivity index (χ0n) is 15.7. The van der Waals surface area contributed by atoms with Gasteiger partial charge in [0.05, 0.1) is 24.5 Å². The molecule has 0 aliphatic carbocycles. The van der Waals surface area contributed by atoms with Crippen molar-refractivity contribution in [3.8, 4) is 5.75 Å². The topological polar surface area (TPSA) is 67.9 Å². The SMILES string of the molecule is CC[C@H](Oc1ccc(Cl)cc1)C(=O)Nc1ccccc1C(=O)N1CCOCC1. The fourth-order valence-electron chi connectivity index (χ4n) is 2.93. The van der Waals surface area contributed by atoms with Crippen LogP contribution in [0.2, 0.25) is 5.02 Å². The van der Waals surface area contributed by atoms with Crippen LogP contribution in [0.25, 0.3) is 0 Å². The molecule has 2 amide bonds. The van der Waals surface area contributed by atoms with E-state index in [9.17, 15) is 9.59 Å². The van der Waals surface area contributed by atoms with Crippen LogP contribution in [-0.4, -0.2) is 49.1 Å². The Labute approximate surface area is 169 Å². The number of carbonyl (C=O) groups is 2. The standard InChI is InChI=1S/C21H23ClN2O4/c1-2-19(28-16-9-7-15(22)8-10-16)20(25)23-18-6-4-3-5-17(18)21(26)24-11-13-27-14-12-24/h3-10,19H,2,11-14H2,1H3,(H,23,25)/t19-/m0/s1. The minimum absolute atomic E-state index is 0.120. The molecule has 0 radical (unpaired) electrons. The fourth-order valence-corrected chi connectivity index (χ4v) is 3.05. The number of rotatable bonds is 6. The van der Waals surface area contributed by atoms with Crippen LogP contribution in [0.5, 0.6) is 5.75 Å². The van der Waals surface area contributed by atoms with Gasteiger partial charge in [0.2, 0.25) is 0 Å². The number of anilines is 1. The molecule has 148 valence electrons. The molecule has 0 unspecified atom stereocenters. The molecule has 0 aromatic heterocycles. The van der Waals surface area contributed by atoms with Crippen LogP contribution < -0.4 is 10.1 Å². The molecular formula is C21H23ClN2O4. The number of ether oxygens (including phenoxy) is 2. The highest BCUT2D eigenvalue weighted by Gasteiger charge is 2.24. The maximum Gasteiger partial charge on any atom is 0.265 e. The zero-order chi connectivity index (χ0) is 19.9. The van der Waals surface area contributed by atoms with Crippen LogP contribution in [0.15, 0.2) is 48.5 Å². The molecular weight excluding hydrogens is 380 g/mol. The fraction of sp³-hybridized carbons (Fsp3) is 0.333. The molecule has 0 saturated carbocycles. The first-order valence-electron chi connectivity index (χ1n) is 9.27. The summed E-state index contributed by atoms with van der Waals surface area (Å²) in [4.78, 5) is 27.3. The lowest BCUT2D eigenvalue weighted by Crippen LogP contribution is -2.41. The van der Waals surface area contributed by atoms with E-state index in [4.69, 9.17) is 21.1 Å². The summed E-state index contributed by atoms with van der Waals surface area (Å²) in [7, 11) is 0. The van der Waals surface area contributed by atoms with Gasteiger partial charge in [-0.15, -0.1) is 0 Å². The Morgan fingerprint density at radius 3 is 2.50 bits per heavy atom. The first-order chi connectivity index (χ1) is 13.6. The van der Waals surface area contributed by atoms with Gasteiger partial charge in [-0.05, 0) is 42.8 Å². The van der Waals surface area contributed by atoms with Gasteiger partial charge in [0.15, 0.2) is 6.10 Å². The summed E-state index contributed by atoms with van der Waals surface area (Å²) in [6, 6.07) is 13.9. The summed E-state index contributed by atoms with van der Waals surface area (Å²) < 4.78 is 11.1. The van der Waals surface area contributed by atoms with E-state index in [1.165, 1.54) is 0 Å². The number of nitrogens with zero attached hydrogens (tertiary/aromatic N) is 1. The van der Waals surface area contributed by atoms with Gasteiger partial charge in [0.1, 0.15) is 5.75 Å². The summed E-state index contributed by atoms with van der Waals surface area (Å²) in [5.74, 6) is 0.134. The normalized spacial score (nSPS) is 15.0. The third kappa shape index (κ3) is 5.03. The van der Waals surface area contributed by atoms with E-state index >= 15 is 0 Å². The number of morpholine rings is 1. The van der Waals surface area contributed by atoms with Crippen molar-refractivity contribution in [2.45, 2.75) is 19.4 Å². The van der Waals surface area contributed by atoms with Crippen molar-refractivity contribution in [3.63, 3.8) is 0 Å². The van der Waals surface area contributed by atoms with Crippen LogP contribution in [0.3, 0.4) is 0 Å². The summed E-state index contributed by atoms with van der Waals surface area (Å²) in [5.41, 5.74) is 0.932. The van der Waals surface area contributed by atoms with E-state index < -0.39 is 6.10 Å². The molecule has 0 spiro atoms. The number of hydrogen-bond acceptors (Lipinski definition) is 4. The van der Waals surface area contributed by atoms with Crippen molar-refractivity contribution in [1.29, 1.82) is 0 Å². The maximum absolute atomic E-state index is 12.8. The Balaban J connectivity index is 1.72. The van der Waals surface area contributed by atoms with Crippen molar-refractivity contribution in [2.75, 3.05) is 31.6 Å². The van der Waals surface area contributed by atoms with Gasteiger partial charge in [0.25, 0.3) is 11.8 Å². The number of hydrogen-bond donors (Lipinski definition) is 1. The number of nitrogens with one attached hydrogen (secondary N) is 1. The molecule has 1 aliphatic heterocycles. The molecule has 1 saturated heterocycles. The van der Waals surface area contributed by atoms with Gasteiger partial charge in [-0.25, -0.2) is 0 Å². The quantitative estimate of drug-likeness (QED) is 0.801. The van der Waals surface area contributed by atoms with Gasteiger partial charge in [0, 0.05) is 18.1 Å². The molecule has 1 fully saturated rings.